The van der Waals surface area contributed by atoms with Crippen LogP contribution >= 0.6 is 23.2 Å². The molecule has 0 fully saturated rings. The van der Waals surface area contributed by atoms with Crippen LogP contribution in [0.5, 0.6) is 0 Å². The molecule has 1 unspecified atom stereocenters. The maximum atomic E-state index is 6.40. The van der Waals surface area contributed by atoms with E-state index in [1.807, 2.05) is 19.2 Å². The molecule has 1 atom stereocenters. The van der Waals surface area contributed by atoms with Crippen molar-refractivity contribution < 1.29 is 0 Å². The van der Waals surface area contributed by atoms with Crippen LogP contribution in [0.1, 0.15) is 42.6 Å². The van der Waals surface area contributed by atoms with E-state index in [0.29, 0.717) is 15.9 Å². The van der Waals surface area contributed by atoms with Gasteiger partial charge in [-0.15, -0.1) is 0 Å². The normalized spacial score (nSPS) is 17.4. The molecule has 5 heteroatoms. The first-order valence-corrected chi connectivity index (χ1v) is 8.00. The van der Waals surface area contributed by atoms with Crippen LogP contribution in [0, 0.1) is 0 Å². The van der Waals surface area contributed by atoms with Gasteiger partial charge in [0.1, 0.15) is 5.82 Å². The van der Waals surface area contributed by atoms with E-state index in [1.54, 1.807) is 6.07 Å². The Kier molecular flexibility index (Phi) is 4.32. The summed E-state index contributed by atoms with van der Waals surface area (Å²) in [5, 5.41) is 4.36. The van der Waals surface area contributed by atoms with Crippen molar-refractivity contribution in [3.8, 4) is 0 Å². The van der Waals surface area contributed by atoms with Crippen molar-refractivity contribution in [2.75, 3.05) is 11.9 Å². The maximum absolute atomic E-state index is 6.40. The second kappa shape index (κ2) is 6.20. The molecule has 3 rings (SSSR count). The topological polar surface area (TPSA) is 37.8 Å². The van der Waals surface area contributed by atoms with Gasteiger partial charge in [0.25, 0.3) is 0 Å². The molecule has 1 aliphatic rings. The monoisotopic (exact) mass is 321 g/mol. The summed E-state index contributed by atoms with van der Waals surface area (Å²) in [5.41, 5.74) is 3.27. The molecule has 0 aromatic carbocycles. The number of halogens is 2. The molecular weight excluding hydrogens is 305 g/mol. The summed E-state index contributed by atoms with van der Waals surface area (Å²) in [6, 6.07) is 5.91. The molecule has 110 valence electrons. The van der Waals surface area contributed by atoms with Crippen LogP contribution in [-0.4, -0.2) is 16.5 Å². The van der Waals surface area contributed by atoms with E-state index < -0.39 is 0 Å². The van der Waals surface area contributed by atoms with Gasteiger partial charge >= 0.3 is 0 Å². The van der Waals surface area contributed by atoms with Gasteiger partial charge < -0.3 is 5.32 Å². The van der Waals surface area contributed by atoms with Gasteiger partial charge in [0, 0.05) is 18.7 Å². The minimum Gasteiger partial charge on any atom is -0.369 e. The van der Waals surface area contributed by atoms with E-state index in [0.717, 1.165) is 37.2 Å². The lowest BCUT2D eigenvalue weighted by Crippen LogP contribution is -2.15. The Bertz CT molecular complexity index is 658. The number of aromatic nitrogens is 2. The Morgan fingerprint density at radius 3 is 2.95 bits per heavy atom. The molecule has 0 bridgehead atoms. The van der Waals surface area contributed by atoms with Gasteiger partial charge in [-0.3, -0.25) is 4.98 Å². The van der Waals surface area contributed by atoms with Gasteiger partial charge in [0.15, 0.2) is 0 Å². The molecule has 0 saturated carbocycles. The zero-order valence-electron chi connectivity index (χ0n) is 11.9. The van der Waals surface area contributed by atoms with Crippen LogP contribution in [0.2, 0.25) is 10.0 Å². The third kappa shape index (κ3) is 2.85. The fourth-order valence-electron chi connectivity index (χ4n) is 2.89. The standard InChI is InChI=1S/C16H17Cl2N3/c1-2-19-16-13(18)9-12(17)15(21-16)11-7-3-5-10-6-4-8-20-14(10)11/h4,6,8-9,11H,2-3,5,7H2,1H3,(H,19,21). The van der Waals surface area contributed by atoms with Crippen LogP contribution in [0.3, 0.4) is 0 Å². The summed E-state index contributed by atoms with van der Waals surface area (Å²) in [5.74, 6) is 0.846. The first kappa shape index (κ1) is 14.6. The highest BCUT2D eigenvalue weighted by Gasteiger charge is 2.26. The molecule has 0 amide bonds. The fourth-order valence-corrected chi connectivity index (χ4v) is 3.45. The van der Waals surface area contributed by atoms with Gasteiger partial charge in [0.05, 0.1) is 21.4 Å². The van der Waals surface area contributed by atoms with Gasteiger partial charge in [-0.1, -0.05) is 29.3 Å². The van der Waals surface area contributed by atoms with Crippen molar-refractivity contribution in [2.24, 2.45) is 0 Å². The van der Waals surface area contributed by atoms with Crippen molar-refractivity contribution >= 4 is 29.0 Å². The number of hydrogen-bond acceptors (Lipinski definition) is 3. The molecule has 3 nitrogen and oxygen atoms in total. The highest BCUT2D eigenvalue weighted by molar-refractivity contribution is 6.36. The quantitative estimate of drug-likeness (QED) is 0.891. The first-order valence-electron chi connectivity index (χ1n) is 7.24. The lowest BCUT2D eigenvalue weighted by molar-refractivity contribution is 0.588. The Morgan fingerprint density at radius 1 is 1.29 bits per heavy atom. The zero-order valence-corrected chi connectivity index (χ0v) is 13.4. The first-order chi connectivity index (χ1) is 10.2. The molecule has 1 N–H and O–H groups in total. The van der Waals surface area contributed by atoms with Crippen LogP contribution in [0.15, 0.2) is 24.4 Å². The molecule has 0 spiro atoms. The number of hydrogen-bond donors (Lipinski definition) is 1. The molecule has 2 aromatic heterocycles. The molecule has 0 saturated heterocycles. The predicted octanol–water partition coefficient (Wildman–Crippen LogP) is 4.68. The van der Waals surface area contributed by atoms with Crippen LogP contribution in [-0.2, 0) is 6.42 Å². The summed E-state index contributed by atoms with van der Waals surface area (Å²) < 4.78 is 0. The number of rotatable bonds is 3. The summed E-state index contributed by atoms with van der Waals surface area (Å²) in [6.07, 6.45) is 5.06. The van der Waals surface area contributed by atoms with E-state index in [9.17, 15) is 0 Å². The average Bonchev–Trinajstić information content (AvgIpc) is 2.50. The minimum absolute atomic E-state index is 0.150. The third-order valence-corrected chi connectivity index (χ3v) is 4.42. The average molecular weight is 322 g/mol. The Balaban J connectivity index is 2.07. The van der Waals surface area contributed by atoms with Crippen molar-refractivity contribution in [3.63, 3.8) is 0 Å². The molecular formula is C16H17Cl2N3. The van der Waals surface area contributed by atoms with E-state index in [4.69, 9.17) is 23.2 Å². The summed E-state index contributed by atoms with van der Waals surface area (Å²) in [4.78, 5) is 9.23. The highest BCUT2D eigenvalue weighted by atomic mass is 35.5. The van der Waals surface area contributed by atoms with Gasteiger partial charge in [-0.2, -0.15) is 0 Å². The number of nitrogens with one attached hydrogen (secondary N) is 1. The van der Waals surface area contributed by atoms with Crippen LogP contribution < -0.4 is 5.32 Å². The second-order valence-corrected chi connectivity index (χ2v) is 6.02. The molecule has 2 heterocycles. The number of pyridine rings is 2. The summed E-state index contributed by atoms with van der Waals surface area (Å²) in [6.45, 7) is 2.79. The van der Waals surface area contributed by atoms with Crippen molar-refractivity contribution in [3.05, 3.63) is 51.4 Å². The van der Waals surface area contributed by atoms with Crippen molar-refractivity contribution in [1.82, 2.24) is 9.97 Å². The van der Waals surface area contributed by atoms with Gasteiger partial charge in [-0.05, 0) is 43.9 Å². The van der Waals surface area contributed by atoms with Crippen LogP contribution in [0.4, 0.5) is 5.82 Å². The SMILES string of the molecule is CCNc1nc(C2CCCc3cccnc32)c(Cl)cc1Cl. The smallest absolute Gasteiger partial charge is 0.145 e. The number of anilines is 1. The molecule has 0 aliphatic heterocycles. The lowest BCUT2D eigenvalue weighted by atomic mass is 9.84. The Hall–Kier alpha value is -1.32. The summed E-state index contributed by atoms with van der Waals surface area (Å²) in [7, 11) is 0. The van der Waals surface area contributed by atoms with Gasteiger partial charge in [0.2, 0.25) is 0 Å². The van der Waals surface area contributed by atoms with E-state index >= 15 is 0 Å². The van der Waals surface area contributed by atoms with Crippen molar-refractivity contribution in [1.29, 1.82) is 0 Å². The largest absolute Gasteiger partial charge is 0.369 e. The molecule has 2 aromatic rings. The maximum Gasteiger partial charge on any atom is 0.145 e. The molecule has 1 aliphatic carbocycles. The predicted molar refractivity (Wildman–Crippen MR) is 87.4 cm³/mol. The fraction of sp³-hybridized carbons (Fsp3) is 0.375. The lowest BCUT2D eigenvalue weighted by Gasteiger charge is -2.25. The third-order valence-electron chi connectivity index (χ3n) is 3.83. The number of nitrogens with zero attached hydrogens (tertiary/aromatic N) is 2. The minimum atomic E-state index is 0.150. The van der Waals surface area contributed by atoms with E-state index in [1.165, 1.54) is 5.56 Å². The Morgan fingerprint density at radius 2 is 2.14 bits per heavy atom. The van der Waals surface area contributed by atoms with Crippen molar-refractivity contribution in [2.45, 2.75) is 32.1 Å². The zero-order chi connectivity index (χ0) is 14.8. The molecule has 21 heavy (non-hydrogen) atoms. The van der Waals surface area contributed by atoms with E-state index in [-0.39, 0.29) is 5.92 Å². The molecule has 0 radical (unpaired) electrons. The summed E-state index contributed by atoms with van der Waals surface area (Å²) >= 11 is 12.6. The van der Waals surface area contributed by atoms with E-state index in [2.05, 4.69) is 21.4 Å². The highest BCUT2D eigenvalue weighted by Crippen LogP contribution is 2.39. The number of fused-ring (bicyclic) bond motifs is 1. The second-order valence-electron chi connectivity index (χ2n) is 5.21. The Labute approximate surface area is 134 Å². The van der Waals surface area contributed by atoms with Gasteiger partial charge in [-0.25, -0.2) is 4.98 Å². The number of aryl methyl sites for hydroxylation is 1. The van der Waals surface area contributed by atoms with Crippen LogP contribution in [0.25, 0.3) is 0 Å².